The summed E-state index contributed by atoms with van der Waals surface area (Å²) in [6.45, 7) is -0.180. The smallest absolute Gasteiger partial charge is 0.243 e. The van der Waals surface area contributed by atoms with E-state index in [9.17, 15) is 9.59 Å². The predicted molar refractivity (Wildman–Crippen MR) is 116 cm³/mol. The second-order valence-corrected chi connectivity index (χ2v) is 7.51. The quantitative estimate of drug-likeness (QED) is 0.556. The molecule has 0 radical (unpaired) electrons. The standard InChI is InChI=1S/C19H17Cl2N5O2S/c1-25(10-16(27)22-15-4-2-3-14(21)9-15)17(28)11-26-18(23-24-19(26)29)12-5-7-13(20)8-6-12/h2-9H,10-11H2,1H3,(H,22,27)(H,24,29). The van der Waals surface area contributed by atoms with Gasteiger partial charge in [0, 0.05) is 28.3 Å². The second-order valence-electron chi connectivity index (χ2n) is 6.25. The Bertz CT molecular complexity index is 1090. The van der Waals surface area contributed by atoms with Crippen LogP contribution in [0.3, 0.4) is 0 Å². The number of hydrogen-bond donors (Lipinski definition) is 2. The molecule has 0 fully saturated rings. The van der Waals surface area contributed by atoms with Crippen LogP contribution in [0.15, 0.2) is 48.5 Å². The molecule has 7 nitrogen and oxygen atoms in total. The molecular weight excluding hydrogens is 433 g/mol. The van der Waals surface area contributed by atoms with Gasteiger partial charge in [0.25, 0.3) is 0 Å². The van der Waals surface area contributed by atoms with Gasteiger partial charge in [-0.05, 0) is 54.7 Å². The van der Waals surface area contributed by atoms with Crippen molar-refractivity contribution in [1.29, 1.82) is 0 Å². The van der Waals surface area contributed by atoms with E-state index in [1.807, 2.05) is 0 Å². The third kappa shape index (κ3) is 5.44. The summed E-state index contributed by atoms with van der Waals surface area (Å²) >= 11 is 17.1. The molecule has 0 unspecified atom stereocenters. The number of carbonyl (C=O) groups is 2. The predicted octanol–water partition coefficient (Wildman–Crippen LogP) is 4.01. The van der Waals surface area contributed by atoms with E-state index in [1.54, 1.807) is 60.1 Å². The number of H-pyrrole nitrogens is 1. The van der Waals surface area contributed by atoms with Crippen molar-refractivity contribution in [1.82, 2.24) is 19.7 Å². The molecular formula is C19H17Cl2N5O2S. The van der Waals surface area contributed by atoms with Crippen molar-refractivity contribution in [2.75, 3.05) is 18.9 Å². The highest BCUT2D eigenvalue weighted by atomic mass is 35.5. The number of hydrogen-bond acceptors (Lipinski definition) is 4. The molecule has 0 atom stereocenters. The summed E-state index contributed by atoms with van der Waals surface area (Å²) in [7, 11) is 1.55. The molecule has 0 saturated heterocycles. The number of aromatic amines is 1. The highest BCUT2D eigenvalue weighted by Gasteiger charge is 2.17. The molecule has 0 aliphatic rings. The molecule has 150 valence electrons. The van der Waals surface area contributed by atoms with Gasteiger partial charge >= 0.3 is 0 Å². The molecule has 2 amide bonds. The number of benzene rings is 2. The molecule has 3 aromatic rings. The van der Waals surface area contributed by atoms with Gasteiger partial charge in [0.2, 0.25) is 11.8 Å². The molecule has 0 saturated carbocycles. The normalized spacial score (nSPS) is 10.6. The Morgan fingerprint density at radius 3 is 2.59 bits per heavy atom. The summed E-state index contributed by atoms with van der Waals surface area (Å²) in [6.07, 6.45) is 0. The molecule has 0 spiro atoms. The Labute approximate surface area is 182 Å². The fourth-order valence-electron chi connectivity index (χ4n) is 2.61. The topological polar surface area (TPSA) is 83.0 Å². The van der Waals surface area contributed by atoms with Gasteiger partial charge in [0.05, 0.1) is 6.54 Å². The van der Waals surface area contributed by atoms with Crippen LogP contribution in [-0.2, 0) is 16.1 Å². The van der Waals surface area contributed by atoms with E-state index < -0.39 is 0 Å². The zero-order valence-corrected chi connectivity index (χ0v) is 17.7. The number of carbonyl (C=O) groups excluding carboxylic acids is 2. The number of nitrogens with zero attached hydrogens (tertiary/aromatic N) is 3. The van der Waals surface area contributed by atoms with E-state index in [-0.39, 0.29) is 24.9 Å². The fourth-order valence-corrected chi connectivity index (χ4v) is 3.12. The molecule has 0 aliphatic heterocycles. The zero-order chi connectivity index (χ0) is 21.0. The van der Waals surface area contributed by atoms with Crippen molar-refractivity contribution in [2.45, 2.75) is 6.54 Å². The van der Waals surface area contributed by atoms with E-state index >= 15 is 0 Å². The SMILES string of the molecule is CN(CC(=O)Nc1cccc(Cl)c1)C(=O)Cn1c(-c2ccc(Cl)cc2)n[nH]c1=S. The van der Waals surface area contributed by atoms with Crippen LogP contribution in [0.5, 0.6) is 0 Å². The number of halogens is 2. The van der Waals surface area contributed by atoms with Crippen molar-refractivity contribution in [3.8, 4) is 11.4 Å². The summed E-state index contributed by atoms with van der Waals surface area (Å²) in [4.78, 5) is 26.2. The zero-order valence-electron chi connectivity index (χ0n) is 15.4. The van der Waals surface area contributed by atoms with Gasteiger partial charge < -0.3 is 10.2 Å². The number of likely N-dealkylation sites (N-methyl/N-ethyl adjacent to an activating group) is 1. The van der Waals surface area contributed by atoms with Crippen LogP contribution in [-0.4, -0.2) is 45.1 Å². The lowest BCUT2D eigenvalue weighted by Crippen LogP contribution is -2.37. The first-order chi connectivity index (χ1) is 13.8. The molecule has 0 aliphatic carbocycles. The Morgan fingerprint density at radius 2 is 1.90 bits per heavy atom. The Kier molecular flexibility index (Phi) is 6.68. The number of anilines is 1. The van der Waals surface area contributed by atoms with E-state index in [0.29, 0.717) is 26.3 Å². The lowest BCUT2D eigenvalue weighted by molar-refractivity contribution is -0.133. The van der Waals surface area contributed by atoms with Crippen LogP contribution in [0.2, 0.25) is 10.0 Å². The Balaban J connectivity index is 1.67. The van der Waals surface area contributed by atoms with Crippen LogP contribution in [0, 0.1) is 4.77 Å². The summed E-state index contributed by atoms with van der Waals surface area (Å²) in [6, 6.07) is 13.8. The highest BCUT2D eigenvalue weighted by molar-refractivity contribution is 7.71. The van der Waals surface area contributed by atoms with Gasteiger partial charge in [-0.25, -0.2) is 0 Å². The van der Waals surface area contributed by atoms with Gasteiger partial charge in [-0.3, -0.25) is 19.3 Å². The molecule has 10 heteroatoms. The monoisotopic (exact) mass is 449 g/mol. The summed E-state index contributed by atoms with van der Waals surface area (Å²) in [5.74, 6) is -0.118. The summed E-state index contributed by atoms with van der Waals surface area (Å²) in [5.41, 5.74) is 1.32. The third-order valence-corrected chi connectivity index (χ3v) is 4.87. The summed E-state index contributed by atoms with van der Waals surface area (Å²) in [5, 5.41) is 10.7. The molecule has 0 bridgehead atoms. The van der Waals surface area contributed by atoms with E-state index in [1.165, 1.54) is 4.90 Å². The maximum Gasteiger partial charge on any atom is 0.243 e. The number of nitrogens with one attached hydrogen (secondary N) is 2. The van der Waals surface area contributed by atoms with Crippen molar-refractivity contribution < 1.29 is 9.59 Å². The first-order valence-electron chi connectivity index (χ1n) is 8.54. The van der Waals surface area contributed by atoms with Gasteiger partial charge in [-0.2, -0.15) is 5.10 Å². The molecule has 29 heavy (non-hydrogen) atoms. The van der Waals surface area contributed by atoms with Crippen molar-refractivity contribution >= 4 is 52.9 Å². The van der Waals surface area contributed by atoms with Crippen molar-refractivity contribution in [3.05, 3.63) is 63.3 Å². The fraction of sp³-hybridized carbons (Fsp3) is 0.158. The molecule has 2 N–H and O–H groups in total. The van der Waals surface area contributed by atoms with Gasteiger partial charge in [-0.1, -0.05) is 29.3 Å². The largest absolute Gasteiger partial charge is 0.335 e. The highest BCUT2D eigenvalue weighted by Crippen LogP contribution is 2.20. The van der Waals surface area contributed by atoms with Crippen LogP contribution in [0.1, 0.15) is 0 Å². The lowest BCUT2D eigenvalue weighted by atomic mass is 10.2. The van der Waals surface area contributed by atoms with Gasteiger partial charge in [0.15, 0.2) is 10.6 Å². The van der Waals surface area contributed by atoms with Crippen LogP contribution < -0.4 is 5.32 Å². The third-order valence-electron chi connectivity index (χ3n) is 4.07. The first-order valence-corrected chi connectivity index (χ1v) is 9.70. The second kappa shape index (κ2) is 9.21. The van der Waals surface area contributed by atoms with Gasteiger partial charge in [-0.15, -0.1) is 0 Å². The minimum absolute atomic E-state index is 0.0613. The lowest BCUT2D eigenvalue weighted by Gasteiger charge is -2.17. The number of aromatic nitrogens is 3. The average molecular weight is 450 g/mol. The van der Waals surface area contributed by atoms with E-state index in [0.717, 1.165) is 5.56 Å². The number of amides is 2. The molecule has 3 rings (SSSR count). The van der Waals surface area contributed by atoms with E-state index in [2.05, 4.69) is 15.5 Å². The Morgan fingerprint density at radius 1 is 1.17 bits per heavy atom. The van der Waals surface area contributed by atoms with E-state index in [4.69, 9.17) is 35.4 Å². The average Bonchev–Trinajstić information content (AvgIpc) is 3.02. The van der Waals surface area contributed by atoms with Crippen LogP contribution in [0.25, 0.3) is 11.4 Å². The molecule has 1 aromatic heterocycles. The minimum atomic E-state index is -0.336. The van der Waals surface area contributed by atoms with Crippen molar-refractivity contribution in [3.63, 3.8) is 0 Å². The summed E-state index contributed by atoms with van der Waals surface area (Å²) < 4.78 is 1.88. The number of rotatable bonds is 6. The van der Waals surface area contributed by atoms with Crippen LogP contribution >= 0.6 is 35.4 Å². The maximum absolute atomic E-state index is 12.6. The maximum atomic E-state index is 12.6. The molecule has 1 heterocycles. The first kappa shape index (κ1) is 21.0. The minimum Gasteiger partial charge on any atom is -0.335 e. The van der Waals surface area contributed by atoms with Crippen LogP contribution in [0.4, 0.5) is 5.69 Å². The Hall–Kier alpha value is -2.68. The van der Waals surface area contributed by atoms with Crippen molar-refractivity contribution in [2.24, 2.45) is 0 Å². The molecule has 2 aromatic carbocycles. The van der Waals surface area contributed by atoms with Gasteiger partial charge in [0.1, 0.15) is 6.54 Å².